The van der Waals surface area contributed by atoms with Crippen LogP contribution in [0.5, 0.6) is 0 Å². The highest BCUT2D eigenvalue weighted by atomic mass is 16.5. The zero-order valence-electron chi connectivity index (χ0n) is 17.0. The van der Waals surface area contributed by atoms with Gasteiger partial charge >= 0.3 is 5.97 Å². The molecule has 6 nitrogen and oxygen atoms in total. The topological polar surface area (TPSA) is 73.2 Å². The number of aryl methyl sites for hydroxylation is 1. The molecule has 0 unspecified atom stereocenters. The lowest BCUT2D eigenvalue weighted by molar-refractivity contribution is -0.143. The Hall–Kier alpha value is -3.67. The van der Waals surface area contributed by atoms with Gasteiger partial charge in [0.2, 0.25) is 0 Å². The number of hydrogen-bond donors (Lipinski definition) is 1. The van der Waals surface area contributed by atoms with Crippen molar-refractivity contribution in [3.8, 4) is 0 Å². The molecule has 0 saturated carbocycles. The number of benzene rings is 2. The molecule has 0 bridgehead atoms. The van der Waals surface area contributed by atoms with E-state index in [2.05, 4.69) is 10.4 Å². The van der Waals surface area contributed by atoms with E-state index in [0.29, 0.717) is 13.1 Å². The fraction of sp³-hybridized carbons (Fsp3) is 0.208. The molecule has 0 fully saturated rings. The number of aromatic nitrogens is 2. The number of nitrogens with one attached hydrogen (secondary N) is 1. The lowest BCUT2D eigenvalue weighted by Crippen LogP contribution is -2.30. The first kappa shape index (κ1) is 21.0. The van der Waals surface area contributed by atoms with E-state index in [0.717, 1.165) is 17.5 Å². The third-order valence-corrected chi connectivity index (χ3v) is 4.58. The van der Waals surface area contributed by atoms with Crippen LogP contribution in [0.3, 0.4) is 0 Å². The molecule has 1 N–H and O–H groups in total. The smallest absolute Gasteiger partial charge is 0.331 e. The molecule has 1 aromatic heterocycles. The summed E-state index contributed by atoms with van der Waals surface area (Å²) in [7, 11) is 0. The number of ether oxygens (including phenoxy) is 1. The molecule has 0 saturated heterocycles. The largest absolute Gasteiger partial charge is 0.452 e. The van der Waals surface area contributed by atoms with Crippen molar-refractivity contribution in [2.24, 2.45) is 0 Å². The van der Waals surface area contributed by atoms with Crippen molar-refractivity contribution in [3.05, 3.63) is 95.3 Å². The Balaban J connectivity index is 1.37. The lowest BCUT2D eigenvalue weighted by atomic mass is 10.1. The number of esters is 1. The Morgan fingerprint density at radius 2 is 1.87 bits per heavy atom. The van der Waals surface area contributed by atoms with Gasteiger partial charge in [-0.3, -0.25) is 9.48 Å². The second-order valence-corrected chi connectivity index (χ2v) is 6.92. The first-order valence-corrected chi connectivity index (χ1v) is 9.82. The van der Waals surface area contributed by atoms with E-state index in [1.165, 1.54) is 17.2 Å². The van der Waals surface area contributed by atoms with Crippen LogP contribution in [0.1, 0.15) is 22.3 Å². The number of rotatable bonds is 9. The Morgan fingerprint density at radius 1 is 1.10 bits per heavy atom. The summed E-state index contributed by atoms with van der Waals surface area (Å²) in [5.41, 5.74) is 4.30. The molecular formula is C24H25N3O3. The predicted octanol–water partition coefficient (Wildman–Crippen LogP) is 3.16. The molecule has 0 spiro atoms. The van der Waals surface area contributed by atoms with Crippen LogP contribution in [0.4, 0.5) is 0 Å². The van der Waals surface area contributed by atoms with E-state index in [1.54, 1.807) is 17.0 Å². The van der Waals surface area contributed by atoms with Crippen molar-refractivity contribution in [1.82, 2.24) is 15.1 Å². The molecule has 154 valence electrons. The van der Waals surface area contributed by atoms with Gasteiger partial charge in [0.1, 0.15) is 0 Å². The Labute approximate surface area is 176 Å². The quantitative estimate of drug-likeness (QED) is 0.440. The highest BCUT2D eigenvalue weighted by Gasteiger charge is 2.06. The monoisotopic (exact) mass is 403 g/mol. The molecule has 0 radical (unpaired) electrons. The van der Waals surface area contributed by atoms with Crippen molar-refractivity contribution in [3.63, 3.8) is 0 Å². The predicted molar refractivity (Wildman–Crippen MR) is 116 cm³/mol. The van der Waals surface area contributed by atoms with Crippen molar-refractivity contribution in [2.45, 2.75) is 19.9 Å². The van der Waals surface area contributed by atoms with Crippen LogP contribution in [0, 0.1) is 6.92 Å². The van der Waals surface area contributed by atoms with Gasteiger partial charge in [0, 0.05) is 24.4 Å². The first-order valence-electron chi connectivity index (χ1n) is 9.82. The fourth-order valence-electron chi connectivity index (χ4n) is 2.95. The highest BCUT2D eigenvalue weighted by molar-refractivity contribution is 5.89. The van der Waals surface area contributed by atoms with Crippen LogP contribution in [0.15, 0.2) is 73.1 Å². The molecule has 30 heavy (non-hydrogen) atoms. The summed E-state index contributed by atoms with van der Waals surface area (Å²) in [6.07, 6.45) is 7.16. The van der Waals surface area contributed by atoms with E-state index in [4.69, 9.17) is 4.74 Å². The molecule has 0 aliphatic carbocycles. The minimum atomic E-state index is -0.570. The zero-order chi connectivity index (χ0) is 21.2. The molecule has 3 aromatic rings. The third-order valence-electron chi connectivity index (χ3n) is 4.58. The van der Waals surface area contributed by atoms with Gasteiger partial charge in [-0.05, 0) is 36.1 Å². The minimum absolute atomic E-state index is 0.301. The van der Waals surface area contributed by atoms with Crippen molar-refractivity contribution in [1.29, 1.82) is 0 Å². The summed E-state index contributed by atoms with van der Waals surface area (Å²) in [6.45, 7) is 2.89. The van der Waals surface area contributed by atoms with Crippen LogP contribution in [-0.4, -0.2) is 34.8 Å². The summed E-state index contributed by atoms with van der Waals surface area (Å²) in [5, 5.41) is 7.04. The zero-order valence-corrected chi connectivity index (χ0v) is 17.0. The standard InChI is InChI=1S/C24H25N3O3/c1-19-7-5-6-10-22(19)13-14-25-23(28)18-30-24(29)12-11-21-15-26-27(17-21)16-20-8-3-2-4-9-20/h2-12,15,17H,13-14,16,18H2,1H3,(H,25,28)/b12-11+. The normalized spacial score (nSPS) is 10.8. The number of carbonyl (C=O) groups is 2. The molecule has 0 aliphatic rings. The van der Waals surface area contributed by atoms with Gasteiger partial charge in [-0.2, -0.15) is 5.10 Å². The molecular weight excluding hydrogens is 378 g/mol. The average Bonchev–Trinajstić information content (AvgIpc) is 3.20. The molecule has 1 heterocycles. The second kappa shape index (κ2) is 10.8. The van der Waals surface area contributed by atoms with E-state index in [9.17, 15) is 9.59 Å². The van der Waals surface area contributed by atoms with Gasteiger partial charge in [-0.15, -0.1) is 0 Å². The van der Waals surface area contributed by atoms with Gasteiger partial charge in [-0.25, -0.2) is 4.79 Å². The maximum absolute atomic E-state index is 11.8. The van der Waals surface area contributed by atoms with Crippen LogP contribution in [0.2, 0.25) is 0 Å². The van der Waals surface area contributed by atoms with E-state index in [1.807, 2.05) is 67.7 Å². The van der Waals surface area contributed by atoms with Crippen LogP contribution in [-0.2, 0) is 27.3 Å². The lowest BCUT2D eigenvalue weighted by Gasteiger charge is -2.07. The molecule has 0 atom stereocenters. The molecule has 3 rings (SSSR count). The van der Waals surface area contributed by atoms with Gasteiger partial charge in [-0.1, -0.05) is 54.6 Å². The number of carbonyl (C=O) groups excluding carboxylic acids is 2. The summed E-state index contributed by atoms with van der Waals surface area (Å²) in [6, 6.07) is 18.0. The maximum atomic E-state index is 11.8. The Kier molecular flexibility index (Phi) is 7.55. The summed E-state index contributed by atoms with van der Waals surface area (Å²) >= 11 is 0. The van der Waals surface area contributed by atoms with Gasteiger partial charge < -0.3 is 10.1 Å². The summed E-state index contributed by atoms with van der Waals surface area (Å²) in [5.74, 6) is -0.888. The first-order chi connectivity index (χ1) is 14.6. The fourth-order valence-corrected chi connectivity index (χ4v) is 2.95. The molecule has 0 aliphatic heterocycles. The summed E-state index contributed by atoms with van der Waals surface area (Å²) in [4.78, 5) is 23.7. The SMILES string of the molecule is Cc1ccccc1CCNC(=O)COC(=O)/C=C/c1cnn(Cc2ccccc2)c1. The molecule has 2 aromatic carbocycles. The van der Waals surface area contributed by atoms with E-state index >= 15 is 0 Å². The van der Waals surface area contributed by atoms with Crippen LogP contribution in [0.25, 0.3) is 6.08 Å². The highest BCUT2D eigenvalue weighted by Crippen LogP contribution is 2.07. The van der Waals surface area contributed by atoms with Crippen molar-refractivity contribution >= 4 is 18.0 Å². The van der Waals surface area contributed by atoms with Crippen LogP contribution >= 0.6 is 0 Å². The number of amides is 1. The minimum Gasteiger partial charge on any atom is -0.452 e. The Bertz CT molecular complexity index is 1010. The molecule has 1 amide bonds. The van der Waals surface area contributed by atoms with Crippen LogP contribution < -0.4 is 5.32 Å². The number of nitrogens with zero attached hydrogens (tertiary/aromatic N) is 2. The van der Waals surface area contributed by atoms with Crippen molar-refractivity contribution in [2.75, 3.05) is 13.2 Å². The Morgan fingerprint density at radius 3 is 2.67 bits per heavy atom. The number of hydrogen-bond acceptors (Lipinski definition) is 4. The van der Waals surface area contributed by atoms with Gasteiger partial charge in [0.25, 0.3) is 5.91 Å². The summed E-state index contributed by atoms with van der Waals surface area (Å²) < 4.78 is 6.78. The maximum Gasteiger partial charge on any atom is 0.331 e. The van der Waals surface area contributed by atoms with E-state index < -0.39 is 5.97 Å². The third kappa shape index (κ3) is 6.74. The van der Waals surface area contributed by atoms with Gasteiger partial charge in [0.15, 0.2) is 6.61 Å². The average molecular weight is 403 g/mol. The van der Waals surface area contributed by atoms with E-state index in [-0.39, 0.29) is 12.5 Å². The second-order valence-electron chi connectivity index (χ2n) is 6.92. The van der Waals surface area contributed by atoms with Crippen molar-refractivity contribution < 1.29 is 14.3 Å². The van der Waals surface area contributed by atoms with Gasteiger partial charge in [0.05, 0.1) is 12.7 Å². The molecule has 6 heteroatoms.